The molecule has 2 aromatic carbocycles. The molecule has 1 aliphatic rings. The summed E-state index contributed by atoms with van der Waals surface area (Å²) < 4.78 is 5.83. The van der Waals surface area contributed by atoms with Gasteiger partial charge in [0.1, 0.15) is 5.60 Å². The van der Waals surface area contributed by atoms with Crippen LogP contribution >= 0.6 is 0 Å². The number of benzene rings is 2. The third-order valence-electron chi connectivity index (χ3n) is 4.27. The maximum atomic E-state index is 13.3. The highest BCUT2D eigenvalue weighted by Crippen LogP contribution is 2.44. The average molecular weight is 309 g/mol. The predicted molar refractivity (Wildman–Crippen MR) is 91.0 cm³/mol. The first-order chi connectivity index (χ1) is 10.9. The van der Waals surface area contributed by atoms with E-state index in [1.165, 1.54) is 5.56 Å². The first-order valence-corrected chi connectivity index (χ1v) is 7.94. The number of nitrogens with zero attached hydrogens (tertiary/aromatic N) is 1. The molecule has 0 N–H and O–H groups in total. The Hall–Kier alpha value is -2.13. The van der Waals surface area contributed by atoms with Gasteiger partial charge in [-0.1, -0.05) is 54.6 Å². The Morgan fingerprint density at radius 1 is 1.04 bits per heavy atom. The van der Waals surface area contributed by atoms with Crippen LogP contribution < -0.4 is 0 Å². The molecule has 0 saturated heterocycles. The second-order valence-electron chi connectivity index (χ2n) is 7.09. The minimum atomic E-state index is -0.884. The molecule has 0 radical (unpaired) electrons. The van der Waals surface area contributed by atoms with Crippen LogP contribution in [0.1, 0.15) is 37.5 Å². The van der Waals surface area contributed by atoms with E-state index < -0.39 is 11.1 Å². The van der Waals surface area contributed by atoms with Gasteiger partial charge in [-0.05, 0) is 44.5 Å². The van der Waals surface area contributed by atoms with Crippen molar-refractivity contribution in [2.45, 2.75) is 38.5 Å². The van der Waals surface area contributed by atoms with Gasteiger partial charge in [0.2, 0.25) is 0 Å². The number of fused-ring (bicyclic) bond motifs is 1. The largest absolute Gasteiger partial charge is 0.458 e. The molecule has 1 unspecified atom stereocenters. The molecule has 0 aliphatic carbocycles. The van der Waals surface area contributed by atoms with Gasteiger partial charge in [-0.15, -0.1) is 0 Å². The molecule has 0 spiro atoms. The summed E-state index contributed by atoms with van der Waals surface area (Å²) in [4.78, 5) is 15.4. The smallest absolute Gasteiger partial charge is 0.336 e. The lowest BCUT2D eigenvalue weighted by Crippen LogP contribution is -2.49. The summed E-state index contributed by atoms with van der Waals surface area (Å²) in [6.45, 7) is 6.45. The summed E-state index contributed by atoms with van der Waals surface area (Å²) in [5, 5.41) is 0. The Balaban J connectivity index is 2.22. The van der Waals surface area contributed by atoms with Crippen molar-refractivity contribution in [3.63, 3.8) is 0 Å². The van der Waals surface area contributed by atoms with Crippen molar-refractivity contribution in [1.29, 1.82) is 0 Å². The second kappa shape index (κ2) is 5.50. The summed E-state index contributed by atoms with van der Waals surface area (Å²) >= 11 is 0. The molecule has 3 rings (SSSR count). The quantitative estimate of drug-likeness (QED) is 0.792. The Morgan fingerprint density at radius 2 is 1.65 bits per heavy atom. The number of hydrogen-bond acceptors (Lipinski definition) is 3. The van der Waals surface area contributed by atoms with Crippen molar-refractivity contribution in [2.24, 2.45) is 0 Å². The van der Waals surface area contributed by atoms with Crippen LogP contribution in [0.15, 0.2) is 54.6 Å². The van der Waals surface area contributed by atoms with Crippen LogP contribution in [-0.2, 0) is 21.6 Å². The predicted octanol–water partition coefficient (Wildman–Crippen LogP) is 3.72. The highest BCUT2D eigenvalue weighted by molar-refractivity contribution is 5.89. The SMILES string of the molecule is CN1Cc2ccccc2C1(C(=O)OC(C)(C)C)c1ccccc1. The lowest BCUT2D eigenvalue weighted by molar-refractivity contribution is -0.166. The van der Waals surface area contributed by atoms with Crippen LogP contribution in [0.25, 0.3) is 0 Å². The molecule has 1 heterocycles. The normalized spacial score (nSPS) is 21.0. The topological polar surface area (TPSA) is 29.5 Å². The van der Waals surface area contributed by atoms with Gasteiger partial charge in [0.05, 0.1) is 0 Å². The molecule has 23 heavy (non-hydrogen) atoms. The van der Waals surface area contributed by atoms with Crippen LogP contribution in [-0.4, -0.2) is 23.5 Å². The van der Waals surface area contributed by atoms with Gasteiger partial charge in [0, 0.05) is 6.54 Å². The van der Waals surface area contributed by atoms with Crippen molar-refractivity contribution >= 4 is 5.97 Å². The van der Waals surface area contributed by atoms with E-state index >= 15 is 0 Å². The number of esters is 1. The van der Waals surface area contributed by atoms with E-state index in [4.69, 9.17) is 4.74 Å². The minimum Gasteiger partial charge on any atom is -0.458 e. The molecular formula is C20H23NO2. The van der Waals surface area contributed by atoms with E-state index in [0.717, 1.165) is 17.7 Å². The van der Waals surface area contributed by atoms with Gasteiger partial charge in [0.15, 0.2) is 5.54 Å². The average Bonchev–Trinajstić information content (AvgIpc) is 2.79. The minimum absolute atomic E-state index is 0.219. The highest BCUT2D eigenvalue weighted by Gasteiger charge is 2.52. The molecule has 1 aliphatic heterocycles. The van der Waals surface area contributed by atoms with Gasteiger partial charge >= 0.3 is 5.97 Å². The van der Waals surface area contributed by atoms with E-state index in [1.54, 1.807) is 0 Å². The summed E-state index contributed by atoms with van der Waals surface area (Å²) in [5.74, 6) is -0.219. The summed E-state index contributed by atoms with van der Waals surface area (Å²) in [5.41, 5.74) is 1.72. The Kier molecular flexibility index (Phi) is 3.77. The van der Waals surface area contributed by atoms with E-state index in [-0.39, 0.29) is 5.97 Å². The summed E-state index contributed by atoms with van der Waals surface area (Å²) in [6.07, 6.45) is 0. The maximum Gasteiger partial charge on any atom is 0.336 e. The van der Waals surface area contributed by atoms with Crippen molar-refractivity contribution < 1.29 is 9.53 Å². The third-order valence-corrected chi connectivity index (χ3v) is 4.27. The lowest BCUT2D eigenvalue weighted by atomic mass is 9.82. The lowest BCUT2D eigenvalue weighted by Gasteiger charge is -2.37. The maximum absolute atomic E-state index is 13.3. The summed E-state index contributed by atoms with van der Waals surface area (Å²) in [7, 11) is 1.98. The molecule has 120 valence electrons. The molecular weight excluding hydrogens is 286 g/mol. The number of likely N-dealkylation sites (N-methyl/N-ethyl adjacent to an activating group) is 1. The van der Waals surface area contributed by atoms with Gasteiger partial charge in [0.25, 0.3) is 0 Å². The van der Waals surface area contributed by atoms with E-state index in [0.29, 0.717) is 0 Å². The Labute approximate surface area is 137 Å². The molecule has 0 saturated carbocycles. The molecule has 0 aromatic heterocycles. The van der Waals surface area contributed by atoms with Gasteiger partial charge in [-0.25, -0.2) is 4.79 Å². The standard InChI is InChI=1S/C20H23NO2/c1-19(2,3)23-18(22)20(16-11-6-5-7-12-16)17-13-9-8-10-15(17)14-21(20)4/h5-13H,14H2,1-4H3. The number of carbonyl (C=O) groups excluding carboxylic acids is 1. The van der Waals surface area contributed by atoms with Crippen molar-refractivity contribution in [2.75, 3.05) is 7.05 Å². The van der Waals surface area contributed by atoms with E-state index in [1.807, 2.05) is 76.3 Å². The Morgan fingerprint density at radius 3 is 2.30 bits per heavy atom. The van der Waals surface area contributed by atoms with E-state index in [9.17, 15) is 4.79 Å². The highest BCUT2D eigenvalue weighted by atomic mass is 16.6. The van der Waals surface area contributed by atoms with Crippen LogP contribution in [0.2, 0.25) is 0 Å². The summed E-state index contributed by atoms with van der Waals surface area (Å²) in [6, 6.07) is 18.0. The fourth-order valence-corrected chi connectivity index (χ4v) is 3.38. The number of ether oxygens (including phenoxy) is 1. The van der Waals surface area contributed by atoms with Crippen LogP contribution in [0.5, 0.6) is 0 Å². The van der Waals surface area contributed by atoms with E-state index in [2.05, 4.69) is 11.0 Å². The molecule has 3 nitrogen and oxygen atoms in total. The van der Waals surface area contributed by atoms with Crippen molar-refractivity contribution in [1.82, 2.24) is 4.90 Å². The van der Waals surface area contributed by atoms with Gasteiger partial charge in [-0.2, -0.15) is 0 Å². The second-order valence-corrected chi connectivity index (χ2v) is 7.09. The molecule has 0 bridgehead atoms. The molecule has 0 fully saturated rings. The zero-order valence-corrected chi connectivity index (χ0v) is 14.2. The van der Waals surface area contributed by atoms with Crippen LogP contribution in [0.3, 0.4) is 0 Å². The van der Waals surface area contributed by atoms with Crippen LogP contribution in [0, 0.1) is 0 Å². The zero-order chi connectivity index (χ0) is 16.7. The fraction of sp³-hybridized carbons (Fsp3) is 0.350. The molecule has 1 atom stereocenters. The first-order valence-electron chi connectivity index (χ1n) is 7.94. The molecule has 3 heteroatoms. The number of hydrogen-bond donors (Lipinski definition) is 0. The van der Waals surface area contributed by atoms with Crippen LogP contribution in [0.4, 0.5) is 0 Å². The zero-order valence-electron chi connectivity index (χ0n) is 14.2. The number of rotatable bonds is 2. The fourth-order valence-electron chi connectivity index (χ4n) is 3.38. The Bertz CT molecular complexity index is 718. The molecule has 0 amide bonds. The monoisotopic (exact) mass is 309 g/mol. The third kappa shape index (κ3) is 2.55. The van der Waals surface area contributed by atoms with Crippen molar-refractivity contribution in [3.05, 3.63) is 71.3 Å². The number of carbonyl (C=O) groups is 1. The van der Waals surface area contributed by atoms with Gasteiger partial charge in [-0.3, -0.25) is 4.90 Å². The van der Waals surface area contributed by atoms with Crippen molar-refractivity contribution in [3.8, 4) is 0 Å². The molecule has 2 aromatic rings. The first kappa shape index (κ1) is 15.8. The van der Waals surface area contributed by atoms with Gasteiger partial charge < -0.3 is 4.74 Å².